The minimum atomic E-state index is -0.633. The molecule has 0 bridgehead atoms. The zero-order chi connectivity index (χ0) is 19.5. The van der Waals surface area contributed by atoms with Crippen molar-refractivity contribution in [3.63, 3.8) is 0 Å². The van der Waals surface area contributed by atoms with Crippen molar-refractivity contribution in [1.29, 1.82) is 0 Å². The van der Waals surface area contributed by atoms with Crippen LogP contribution in [0.25, 0.3) is 0 Å². The Kier molecular flexibility index (Phi) is 6.05. The molecule has 0 aromatic carbocycles. The minimum absolute atomic E-state index is 0.0764. The third-order valence-corrected chi connectivity index (χ3v) is 5.90. The maximum atomic E-state index is 12.9. The summed E-state index contributed by atoms with van der Waals surface area (Å²) in [5.41, 5.74) is -1.08. The highest BCUT2D eigenvalue weighted by molar-refractivity contribution is 5.87. The van der Waals surface area contributed by atoms with Crippen molar-refractivity contribution in [3.05, 3.63) is 11.7 Å². The fourth-order valence-electron chi connectivity index (χ4n) is 3.66. The van der Waals surface area contributed by atoms with Crippen molar-refractivity contribution in [2.24, 2.45) is 16.7 Å². The molecule has 0 spiro atoms. The average Bonchev–Trinajstić information content (AvgIpc) is 3.13. The van der Waals surface area contributed by atoms with Gasteiger partial charge in [0, 0.05) is 27.1 Å². The van der Waals surface area contributed by atoms with Crippen molar-refractivity contribution in [1.82, 2.24) is 20.4 Å². The molecule has 8 nitrogen and oxygen atoms in total. The molecule has 1 N–H and O–H groups in total. The summed E-state index contributed by atoms with van der Waals surface area (Å²) < 4.78 is 10.1. The van der Waals surface area contributed by atoms with E-state index >= 15 is 0 Å². The van der Waals surface area contributed by atoms with Crippen LogP contribution in [-0.4, -0.2) is 54.7 Å². The summed E-state index contributed by atoms with van der Waals surface area (Å²) in [5, 5.41) is 6.79. The van der Waals surface area contributed by atoms with Crippen molar-refractivity contribution in [3.8, 4) is 0 Å². The molecule has 2 atom stereocenters. The first-order valence-electron chi connectivity index (χ1n) is 8.93. The van der Waals surface area contributed by atoms with Crippen LogP contribution in [0.3, 0.4) is 0 Å². The van der Waals surface area contributed by atoms with Gasteiger partial charge in [0.2, 0.25) is 17.7 Å². The molecule has 1 heterocycles. The van der Waals surface area contributed by atoms with E-state index in [1.165, 1.54) is 0 Å². The SMILES string of the molecule is COCCc1nc(CNC(=O)C2(C)CCC(C(=O)N(C)C)C2(C)C)no1. The van der Waals surface area contributed by atoms with Gasteiger partial charge in [-0.1, -0.05) is 25.9 Å². The first-order chi connectivity index (χ1) is 12.1. The van der Waals surface area contributed by atoms with Crippen LogP contribution in [0.4, 0.5) is 0 Å². The van der Waals surface area contributed by atoms with E-state index in [0.717, 1.165) is 0 Å². The van der Waals surface area contributed by atoms with E-state index in [0.29, 0.717) is 37.6 Å². The lowest BCUT2D eigenvalue weighted by Crippen LogP contribution is -2.49. The third kappa shape index (κ3) is 3.75. The topological polar surface area (TPSA) is 97.6 Å². The summed E-state index contributed by atoms with van der Waals surface area (Å²) in [5.74, 6) is 0.747. The van der Waals surface area contributed by atoms with E-state index in [1.807, 2.05) is 20.8 Å². The molecule has 0 aliphatic heterocycles. The Morgan fingerprint density at radius 2 is 2.04 bits per heavy atom. The first-order valence-corrected chi connectivity index (χ1v) is 8.93. The smallest absolute Gasteiger partial charge is 0.229 e. The molecule has 2 amide bonds. The van der Waals surface area contributed by atoms with Gasteiger partial charge in [-0.05, 0) is 18.3 Å². The average molecular weight is 366 g/mol. The molecular formula is C18H30N4O4. The largest absolute Gasteiger partial charge is 0.384 e. The molecule has 1 aromatic heterocycles. The first kappa shape index (κ1) is 20.4. The molecule has 1 aliphatic carbocycles. The zero-order valence-electron chi connectivity index (χ0n) is 16.6. The summed E-state index contributed by atoms with van der Waals surface area (Å²) in [4.78, 5) is 31.3. The molecule has 1 aliphatic rings. The van der Waals surface area contributed by atoms with Gasteiger partial charge in [-0.15, -0.1) is 0 Å². The second-order valence-electron chi connectivity index (χ2n) is 7.91. The Balaban J connectivity index is 2.02. The minimum Gasteiger partial charge on any atom is -0.384 e. The maximum Gasteiger partial charge on any atom is 0.229 e. The van der Waals surface area contributed by atoms with Gasteiger partial charge >= 0.3 is 0 Å². The number of nitrogens with one attached hydrogen (secondary N) is 1. The summed E-state index contributed by atoms with van der Waals surface area (Å²) in [7, 11) is 5.12. The fourth-order valence-corrected chi connectivity index (χ4v) is 3.66. The number of rotatable bonds is 7. The quantitative estimate of drug-likeness (QED) is 0.783. The third-order valence-electron chi connectivity index (χ3n) is 5.90. The lowest BCUT2D eigenvalue weighted by molar-refractivity contribution is -0.142. The Bertz CT molecular complexity index is 655. The number of amides is 2. The van der Waals surface area contributed by atoms with Crippen LogP contribution in [0, 0.1) is 16.7 Å². The Labute approximate surface area is 154 Å². The van der Waals surface area contributed by atoms with Gasteiger partial charge in [0.1, 0.15) is 0 Å². The fraction of sp³-hybridized carbons (Fsp3) is 0.778. The van der Waals surface area contributed by atoms with Gasteiger partial charge in [-0.2, -0.15) is 4.98 Å². The second-order valence-corrected chi connectivity index (χ2v) is 7.91. The van der Waals surface area contributed by atoms with Crippen molar-refractivity contribution < 1.29 is 18.8 Å². The van der Waals surface area contributed by atoms with Gasteiger partial charge in [0.15, 0.2) is 5.82 Å². The summed E-state index contributed by atoms with van der Waals surface area (Å²) in [6.07, 6.45) is 1.91. The number of methoxy groups -OCH3 is 1. The van der Waals surface area contributed by atoms with Gasteiger partial charge < -0.3 is 19.5 Å². The molecule has 146 valence electrons. The predicted octanol–water partition coefficient (Wildman–Crippen LogP) is 1.41. The molecule has 26 heavy (non-hydrogen) atoms. The Morgan fingerprint density at radius 3 is 2.65 bits per heavy atom. The van der Waals surface area contributed by atoms with Crippen molar-refractivity contribution in [2.45, 2.75) is 46.6 Å². The van der Waals surface area contributed by atoms with Crippen molar-refractivity contribution >= 4 is 11.8 Å². The summed E-state index contributed by atoms with van der Waals surface area (Å²) in [6.45, 7) is 6.64. The Morgan fingerprint density at radius 1 is 1.35 bits per heavy atom. The molecule has 1 saturated carbocycles. The van der Waals surface area contributed by atoms with Crippen LogP contribution >= 0.6 is 0 Å². The molecule has 1 aromatic rings. The lowest BCUT2D eigenvalue weighted by atomic mass is 9.65. The van der Waals surface area contributed by atoms with Gasteiger partial charge in [-0.3, -0.25) is 9.59 Å². The van der Waals surface area contributed by atoms with E-state index in [4.69, 9.17) is 9.26 Å². The molecule has 0 radical (unpaired) electrons. The highest BCUT2D eigenvalue weighted by Gasteiger charge is 2.58. The highest BCUT2D eigenvalue weighted by Crippen LogP contribution is 2.56. The van der Waals surface area contributed by atoms with E-state index in [9.17, 15) is 9.59 Å². The number of hydrogen-bond acceptors (Lipinski definition) is 6. The van der Waals surface area contributed by atoms with Crippen LogP contribution in [0.1, 0.15) is 45.3 Å². The molecular weight excluding hydrogens is 336 g/mol. The number of carbonyl (C=O) groups is 2. The van der Waals surface area contributed by atoms with Crippen LogP contribution in [0.5, 0.6) is 0 Å². The molecule has 2 rings (SSSR count). The van der Waals surface area contributed by atoms with Gasteiger partial charge in [0.25, 0.3) is 0 Å². The molecule has 0 saturated heterocycles. The summed E-state index contributed by atoms with van der Waals surface area (Å²) in [6, 6.07) is 0. The van der Waals surface area contributed by atoms with Crippen molar-refractivity contribution in [2.75, 3.05) is 27.8 Å². The molecule has 1 fully saturated rings. The van der Waals surface area contributed by atoms with E-state index < -0.39 is 10.8 Å². The van der Waals surface area contributed by atoms with E-state index in [2.05, 4.69) is 15.5 Å². The van der Waals surface area contributed by atoms with Crippen LogP contribution in [0.2, 0.25) is 0 Å². The van der Waals surface area contributed by atoms with Crippen LogP contribution < -0.4 is 5.32 Å². The zero-order valence-corrected chi connectivity index (χ0v) is 16.6. The number of aromatic nitrogens is 2. The van der Waals surface area contributed by atoms with Crippen LogP contribution in [-0.2, 0) is 27.3 Å². The summed E-state index contributed by atoms with van der Waals surface area (Å²) >= 11 is 0. The van der Waals surface area contributed by atoms with Gasteiger partial charge in [0.05, 0.1) is 25.0 Å². The monoisotopic (exact) mass is 366 g/mol. The number of ether oxygens (including phenoxy) is 1. The molecule has 8 heteroatoms. The predicted molar refractivity (Wildman–Crippen MR) is 95.0 cm³/mol. The highest BCUT2D eigenvalue weighted by atomic mass is 16.5. The van der Waals surface area contributed by atoms with Gasteiger partial charge in [-0.25, -0.2) is 0 Å². The maximum absolute atomic E-state index is 12.9. The normalized spacial score (nSPS) is 24.5. The molecule has 2 unspecified atom stereocenters. The number of hydrogen-bond donors (Lipinski definition) is 1. The standard InChI is InChI=1S/C18H30N4O4/c1-17(2)12(15(23)22(4)5)7-9-18(17,3)16(24)19-11-13-20-14(26-21-13)8-10-25-6/h12H,7-11H2,1-6H3,(H,19,24). The lowest BCUT2D eigenvalue weighted by Gasteiger charge is -2.40. The van der Waals surface area contributed by atoms with E-state index in [1.54, 1.807) is 26.1 Å². The van der Waals surface area contributed by atoms with E-state index in [-0.39, 0.29) is 24.3 Å². The Hall–Kier alpha value is -1.96. The number of nitrogens with zero attached hydrogens (tertiary/aromatic N) is 3. The second kappa shape index (κ2) is 7.73. The van der Waals surface area contributed by atoms with Crippen LogP contribution in [0.15, 0.2) is 4.52 Å². The number of carbonyl (C=O) groups excluding carboxylic acids is 2.